The first-order valence-corrected chi connectivity index (χ1v) is 11.3. The van der Waals surface area contributed by atoms with Crippen molar-refractivity contribution in [2.75, 3.05) is 10.3 Å². The van der Waals surface area contributed by atoms with E-state index in [1.165, 1.54) is 23.5 Å². The number of nitrogens with one attached hydrogen (secondary N) is 1. The number of phenols is 1. The van der Waals surface area contributed by atoms with E-state index in [1.54, 1.807) is 35.2 Å². The Kier molecular flexibility index (Phi) is 5.35. The van der Waals surface area contributed by atoms with Gasteiger partial charge in [-0.15, -0.1) is 11.3 Å². The first-order chi connectivity index (χ1) is 16.5. The van der Waals surface area contributed by atoms with Crippen LogP contribution in [0.5, 0.6) is 5.75 Å². The van der Waals surface area contributed by atoms with Crippen molar-refractivity contribution in [3.63, 3.8) is 0 Å². The first kappa shape index (κ1) is 21.4. The number of rotatable bonds is 5. The van der Waals surface area contributed by atoms with E-state index >= 15 is 0 Å². The maximum absolute atomic E-state index is 13.4. The fourth-order valence-corrected chi connectivity index (χ4v) is 4.85. The van der Waals surface area contributed by atoms with Crippen LogP contribution in [0.4, 0.5) is 16.4 Å². The van der Waals surface area contributed by atoms with Gasteiger partial charge in [0.25, 0.3) is 5.91 Å². The van der Waals surface area contributed by atoms with E-state index in [1.807, 2.05) is 42.6 Å². The molecule has 7 nitrogen and oxygen atoms in total. The number of thiophene rings is 1. The second-order valence-electron chi connectivity index (χ2n) is 7.73. The highest BCUT2D eigenvalue weighted by molar-refractivity contribution is 7.14. The van der Waals surface area contributed by atoms with Gasteiger partial charge >= 0.3 is 5.97 Å². The standard InChI is InChI=1S/C26H19N3O4S/c1-15-12-13-34-25(15)29-21-11-3-2-8-19(21)22(24(29)31)28-27-20-10-5-9-18(23(20)30)16-6-4-7-17(14-16)26(32)33/h2-14,27,30H,1H3,(H,32,33). The van der Waals surface area contributed by atoms with Crippen molar-refractivity contribution in [2.24, 2.45) is 5.10 Å². The van der Waals surface area contributed by atoms with E-state index in [0.29, 0.717) is 22.4 Å². The van der Waals surface area contributed by atoms with Gasteiger partial charge in [-0.05, 0) is 53.8 Å². The molecule has 0 fully saturated rings. The Balaban J connectivity index is 1.51. The van der Waals surface area contributed by atoms with Gasteiger partial charge in [0.1, 0.15) is 10.8 Å². The zero-order chi connectivity index (χ0) is 23.8. The Morgan fingerprint density at radius 1 is 1.00 bits per heavy atom. The molecule has 0 spiro atoms. The van der Waals surface area contributed by atoms with Crippen LogP contribution >= 0.6 is 11.3 Å². The summed E-state index contributed by atoms with van der Waals surface area (Å²) in [5, 5.41) is 27.3. The van der Waals surface area contributed by atoms with Gasteiger partial charge in [0, 0.05) is 11.1 Å². The number of carboxylic acids is 1. The number of hydrogen-bond donors (Lipinski definition) is 3. The molecular formula is C26H19N3O4S. The van der Waals surface area contributed by atoms with Crippen molar-refractivity contribution in [3.05, 3.63) is 94.9 Å². The number of benzene rings is 3. The molecule has 5 rings (SSSR count). The van der Waals surface area contributed by atoms with Crippen LogP contribution in [0.15, 0.2) is 83.3 Å². The molecule has 0 radical (unpaired) electrons. The topological polar surface area (TPSA) is 102 Å². The van der Waals surface area contributed by atoms with Crippen LogP contribution < -0.4 is 10.3 Å². The molecule has 1 amide bonds. The summed E-state index contributed by atoms with van der Waals surface area (Å²) in [4.78, 5) is 26.3. The fraction of sp³-hybridized carbons (Fsp3) is 0.0385. The van der Waals surface area contributed by atoms with Crippen molar-refractivity contribution >= 4 is 45.3 Å². The van der Waals surface area contributed by atoms with E-state index in [2.05, 4.69) is 10.5 Å². The molecule has 8 heteroatoms. The summed E-state index contributed by atoms with van der Waals surface area (Å²) in [6, 6.07) is 20.8. The number of amides is 1. The molecule has 2 heterocycles. The smallest absolute Gasteiger partial charge is 0.335 e. The number of aromatic hydroxyl groups is 1. The number of nitrogens with zero attached hydrogens (tertiary/aromatic N) is 2. The van der Waals surface area contributed by atoms with Gasteiger partial charge in [0.15, 0.2) is 5.71 Å². The molecule has 0 unspecified atom stereocenters. The summed E-state index contributed by atoms with van der Waals surface area (Å²) in [6.45, 7) is 1.96. The number of aromatic carboxylic acids is 1. The maximum atomic E-state index is 13.4. The van der Waals surface area contributed by atoms with Crippen molar-refractivity contribution < 1.29 is 19.8 Å². The van der Waals surface area contributed by atoms with Gasteiger partial charge in [-0.25, -0.2) is 4.79 Å². The highest BCUT2D eigenvalue weighted by atomic mass is 32.1. The van der Waals surface area contributed by atoms with Crippen LogP contribution in [-0.4, -0.2) is 27.8 Å². The first-order valence-electron chi connectivity index (χ1n) is 10.4. The zero-order valence-corrected chi connectivity index (χ0v) is 18.8. The van der Waals surface area contributed by atoms with Gasteiger partial charge in [0.05, 0.1) is 16.9 Å². The van der Waals surface area contributed by atoms with Crippen LogP contribution in [0.1, 0.15) is 21.5 Å². The van der Waals surface area contributed by atoms with Gasteiger partial charge in [0.2, 0.25) is 0 Å². The van der Waals surface area contributed by atoms with E-state index in [4.69, 9.17) is 0 Å². The van der Waals surface area contributed by atoms with E-state index in [9.17, 15) is 19.8 Å². The summed E-state index contributed by atoms with van der Waals surface area (Å²) in [7, 11) is 0. The third-order valence-corrected chi connectivity index (χ3v) is 6.59. The SMILES string of the molecule is Cc1ccsc1N1C(=O)C(=NNc2cccc(-c3cccc(C(=O)O)c3)c2O)c2ccccc21. The van der Waals surface area contributed by atoms with Gasteiger partial charge < -0.3 is 10.2 Å². The molecule has 0 aliphatic carbocycles. The highest BCUT2D eigenvalue weighted by Gasteiger charge is 2.36. The third-order valence-electron chi connectivity index (χ3n) is 5.59. The van der Waals surface area contributed by atoms with Crippen LogP contribution in [0.2, 0.25) is 0 Å². The third kappa shape index (κ3) is 3.60. The Hall–Kier alpha value is -4.43. The molecule has 34 heavy (non-hydrogen) atoms. The number of para-hydroxylation sites is 2. The summed E-state index contributed by atoms with van der Waals surface area (Å²) >= 11 is 1.48. The number of carboxylic acid groups (broad SMARTS) is 1. The quantitative estimate of drug-likeness (QED) is 0.260. The Bertz CT molecular complexity index is 1470. The molecule has 4 aromatic rings. The lowest BCUT2D eigenvalue weighted by Gasteiger charge is -2.15. The number of aryl methyl sites for hydroxylation is 1. The summed E-state index contributed by atoms with van der Waals surface area (Å²) in [5.41, 5.74) is 6.92. The summed E-state index contributed by atoms with van der Waals surface area (Å²) in [6.07, 6.45) is 0. The predicted octanol–water partition coefficient (Wildman–Crippen LogP) is 5.62. The molecular weight excluding hydrogens is 450 g/mol. The number of carbonyl (C=O) groups excluding carboxylic acids is 1. The molecule has 0 atom stereocenters. The predicted molar refractivity (Wildman–Crippen MR) is 133 cm³/mol. The van der Waals surface area contributed by atoms with E-state index in [0.717, 1.165) is 16.3 Å². The summed E-state index contributed by atoms with van der Waals surface area (Å²) in [5.74, 6) is -1.41. The number of phenolic OH excluding ortho intramolecular Hbond substituents is 1. The molecule has 0 saturated carbocycles. The molecule has 3 N–H and O–H groups in total. The van der Waals surface area contributed by atoms with Crippen LogP contribution in [0, 0.1) is 6.92 Å². The van der Waals surface area contributed by atoms with Gasteiger partial charge in [-0.3, -0.25) is 15.1 Å². The molecule has 1 aliphatic rings. The Morgan fingerprint density at radius 3 is 2.53 bits per heavy atom. The second-order valence-corrected chi connectivity index (χ2v) is 8.62. The van der Waals surface area contributed by atoms with E-state index in [-0.39, 0.29) is 22.9 Å². The molecule has 0 bridgehead atoms. The molecule has 168 valence electrons. The minimum atomic E-state index is -1.05. The molecule has 1 aromatic heterocycles. The number of fused-ring (bicyclic) bond motifs is 1. The lowest BCUT2D eigenvalue weighted by Crippen LogP contribution is -2.25. The van der Waals surface area contributed by atoms with E-state index < -0.39 is 5.97 Å². The molecule has 3 aromatic carbocycles. The van der Waals surface area contributed by atoms with Crippen molar-refractivity contribution in [3.8, 4) is 16.9 Å². The lowest BCUT2D eigenvalue weighted by atomic mass is 10.0. The monoisotopic (exact) mass is 469 g/mol. The largest absolute Gasteiger partial charge is 0.505 e. The highest BCUT2D eigenvalue weighted by Crippen LogP contribution is 2.40. The Morgan fingerprint density at radius 2 is 1.76 bits per heavy atom. The number of hydrogen-bond acceptors (Lipinski definition) is 6. The van der Waals surface area contributed by atoms with Crippen molar-refractivity contribution in [2.45, 2.75) is 6.92 Å². The van der Waals surface area contributed by atoms with Crippen molar-refractivity contribution in [1.82, 2.24) is 0 Å². The average Bonchev–Trinajstić information content (AvgIpc) is 3.38. The van der Waals surface area contributed by atoms with Crippen LogP contribution in [-0.2, 0) is 4.79 Å². The Labute approximate surface area is 199 Å². The van der Waals surface area contributed by atoms with Crippen LogP contribution in [0.3, 0.4) is 0 Å². The van der Waals surface area contributed by atoms with Crippen molar-refractivity contribution in [1.29, 1.82) is 0 Å². The molecule has 0 saturated heterocycles. The average molecular weight is 470 g/mol. The second kappa shape index (κ2) is 8.49. The number of anilines is 3. The van der Waals surface area contributed by atoms with Gasteiger partial charge in [-0.1, -0.05) is 42.5 Å². The normalized spacial score (nSPS) is 13.9. The van der Waals surface area contributed by atoms with Crippen LogP contribution in [0.25, 0.3) is 11.1 Å². The minimum Gasteiger partial charge on any atom is -0.505 e. The molecule has 1 aliphatic heterocycles. The summed E-state index contributed by atoms with van der Waals surface area (Å²) < 4.78 is 0. The zero-order valence-electron chi connectivity index (χ0n) is 18.0. The number of hydrazone groups is 1. The number of carbonyl (C=O) groups is 2. The lowest BCUT2D eigenvalue weighted by molar-refractivity contribution is -0.111. The fourth-order valence-electron chi connectivity index (χ4n) is 3.91. The minimum absolute atomic E-state index is 0.0981. The van der Waals surface area contributed by atoms with Gasteiger partial charge in [-0.2, -0.15) is 5.10 Å². The maximum Gasteiger partial charge on any atom is 0.335 e.